The fraction of sp³-hybridized carbons (Fsp3) is 0.172. The molecule has 0 bridgehead atoms. The van der Waals surface area contributed by atoms with Crippen LogP contribution in [0.25, 0.3) is 0 Å². The number of methoxy groups -OCH3 is 1. The Morgan fingerprint density at radius 3 is 2.56 bits per heavy atom. The minimum atomic E-state index is -0.746. The van der Waals surface area contributed by atoms with Crippen molar-refractivity contribution in [3.05, 3.63) is 112 Å². The average Bonchev–Trinajstić information content (AvgIpc) is 3.04. The van der Waals surface area contributed by atoms with E-state index in [1.807, 2.05) is 0 Å². The molecule has 0 saturated carbocycles. The van der Waals surface area contributed by atoms with E-state index in [1.165, 1.54) is 13.3 Å². The van der Waals surface area contributed by atoms with Gasteiger partial charge in [0, 0.05) is 54.1 Å². The van der Waals surface area contributed by atoms with Crippen LogP contribution < -0.4 is 10.1 Å². The second-order valence-corrected chi connectivity index (χ2v) is 9.47. The van der Waals surface area contributed by atoms with E-state index >= 15 is 0 Å². The molecule has 1 atom stereocenters. The Morgan fingerprint density at radius 1 is 1.05 bits per heavy atom. The summed E-state index contributed by atoms with van der Waals surface area (Å²) >= 11 is 6.17. The zero-order valence-corrected chi connectivity index (χ0v) is 21.8. The molecule has 10 heteroatoms. The van der Waals surface area contributed by atoms with Crippen LogP contribution in [0.2, 0.25) is 5.02 Å². The molecule has 4 aromatic rings. The number of benzene rings is 2. The Bertz CT molecular complexity index is 1510. The van der Waals surface area contributed by atoms with Crippen LogP contribution >= 0.6 is 11.6 Å². The maximum atomic E-state index is 13.7. The molecule has 0 aliphatic carbocycles. The molecule has 2 amide bonds. The number of amides is 2. The lowest BCUT2D eigenvalue weighted by Gasteiger charge is -2.29. The summed E-state index contributed by atoms with van der Waals surface area (Å²) in [6.45, 7) is 0.166. The molecule has 0 fully saturated rings. The number of carbonyl (C=O) groups excluding carboxylic acids is 3. The standard InChI is InChI=1S/C29H24ClN5O4/c1-39-23-7-9-27(33-16-23)34-28(37)19-4-2-18(3-5-19)17-35-25(14-22-15-31-10-11-32-22)26(36)13-20-12-21(30)6-8-24(20)29(35)38/h2-12,15-16,25H,13-14,17H2,1H3,(H,33,34,37). The molecule has 9 nitrogen and oxygen atoms in total. The van der Waals surface area contributed by atoms with Crippen molar-refractivity contribution < 1.29 is 19.1 Å². The molecule has 2 aromatic carbocycles. The maximum absolute atomic E-state index is 13.7. The van der Waals surface area contributed by atoms with E-state index in [2.05, 4.69) is 20.3 Å². The van der Waals surface area contributed by atoms with E-state index in [4.69, 9.17) is 16.3 Å². The highest BCUT2D eigenvalue weighted by atomic mass is 35.5. The summed E-state index contributed by atoms with van der Waals surface area (Å²) in [7, 11) is 1.54. The van der Waals surface area contributed by atoms with Crippen molar-refractivity contribution in [1.82, 2.24) is 19.9 Å². The van der Waals surface area contributed by atoms with E-state index in [0.29, 0.717) is 39.0 Å². The molecule has 1 aliphatic rings. The molecular weight excluding hydrogens is 518 g/mol. The van der Waals surface area contributed by atoms with E-state index in [0.717, 1.165) is 5.56 Å². The van der Waals surface area contributed by atoms with Gasteiger partial charge in [0.2, 0.25) is 0 Å². The number of ketones is 1. The Balaban J connectivity index is 1.39. The molecule has 0 radical (unpaired) electrons. The van der Waals surface area contributed by atoms with Gasteiger partial charge in [-0.25, -0.2) is 4.98 Å². The predicted octanol–water partition coefficient (Wildman–Crippen LogP) is 4.16. The lowest BCUT2D eigenvalue weighted by molar-refractivity contribution is -0.122. The van der Waals surface area contributed by atoms with E-state index in [-0.39, 0.29) is 37.0 Å². The van der Waals surface area contributed by atoms with Gasteiger partial charge in [0.1, 0.15) is 11.6 Å². The minimum Gasteiger partial charge on any atom is -0.495 e. The summed E-state index contributed by atoms with van der Waals surface area (Å²) in [5.41, 5.74) is 2.83. The summed E-state index contributed by atoms with van der Waals surface area (Å²) in [6.07, 6.45) is 6.54. The highest BCUT2D eigenvalue weighted by Gasteiger charge is 2.35. The zero-order valence-electron chi connectivity index (χ0n) is 21.0. The summed E-state index contributed by atoms with van der Waals surface area (Å²) in [5.74, 6) is 0.268. The Hall–Kier alpha value is -4.63. The van der Waals surface area contributed by atoms with Crippen molar-refractivity contribution in [2.45, 2.75) is 25.4 Å². The van der Waals surface area contributed by atoms with Crippen molar-refractivity contribution in [3.8, 4) is 5.75 Å². The number of hydrogen-bond acceptors (Lipinski definition) is 7. The van der Waals surface area contributed by atoms with Gasteiger partial charge in [0.05, 0.1) is 25.0 Å². The van der Waals surface area contributed by atoms with Crippen molar-refractivity contribution >= 4 is 35.0 Å². The van der Waals surface area contributed by atoms with Crippen LogP contribution in [0.3, 0.4) is 0 Å². The Labute approximate surface area is 229 Å². The van der Waals surface area contributed by atoms with Gasteiger partial charge in [-0.15, -0.1) is 0 Å². The van der Waals surface area contributed by atoms with Crippen LogP contribution in [-0.4, -0.2) is 50.6 Å². The number of anilines is 1. The highest BCUT2D eigenvalue weighted by molar-refractivity contribution is 6.30. The number of rotatable bonds is 7. The maximum Gasteiger partial charge on any atom is 0.256 e. The van der Waals surface area contributed by atoms with Crippen molar-refractivity contribution in [3.63, 3.8) is 0 Å². The van der Waals surface area contributed by atoms with Crippen LogP contribution in [0.15, 0.2) is 79.4 Å². The third-order valence-electron chi connectivity index (χ3n) is 6.47. The number of nitrogens with zero attached hydrogens (tertiary/aromatic N) is 4. The molecule has 39 heavy (non-hydrogen) atoms. The number of hydrogen-bond donors (Lipinski definition) is 1. The molecular formula is C29H24ClN5O4. The number of Topliss-reactive ketones (excluding diaryl/α,β-unsaturated/α-hetero) is 1. The predicted molar refractivity (Wildman–Crippen MR) is 145 cm³/mol. The minimum absolute atomic E-state index is 0.0849. The third-order valence-corrected chi connectivity index (χ3v) is 6.71. The van der Waals surface area contributed by atoms with E-state index < -0.39 is 6.04 Å². The third kappa shape index (κ3) is 5.94. The number of nitrogens with one attached hydrogen (secondary N) is 1. The average molecular weight is 542 g/mol. The highest BCUT2D eigenvalue weighted by Crippen LogP contribution is 2.27. The molecule has 196 valence electrons. The molecule has 5 rings (SSSR count). The van der Waals surface area contributed by atoms with Crippen molar-refractivity contribution in [2.24, 2.45) is 0 Å². The number of ether oxygens (including phenoxy) is 1. The number of aromatic nitrogens is 3. The van der Waals surface area contributed by atoms with Gasteiger partial charge in [-0.2, -0.15) is 0 Å². The van der Waals surface area contributed by atoms with Crippen molar-refractivity contribution in [1.29, 1.82) is 0 Å². The van der Waals surface area contributed by atoms with Gasteiger partial charge in [0.15, 0.2) is 5.78 Å². The fourth-order valence-electron chi connectivity index (χ4n) is 4.45. The Kier molecular flexibility index (Phi) is 7.60. The first-order valence-corrected chi connectivity index (χ1v) is 12.6. The first kappa shape index (κ1) is 26.0. The van der Waals surface area contributed by atoms with Crippen LogP contribution in [-0.2, 0) is 24.2 Å². The van der Waals surface area contributed by atoms with Gasteiger partial charge in [-0.05, 0) is 53.6 Å². The fourth-order valence-corrected chi connectivity index (χ4v) is 4.65. The largest absolute Gasteiger partial charge is 0.495 e. The van der Waals surface area contributed by atoms with E-state index in [1.54, 1.807) is 78.1 Å². The van der Waals surface area contributed by atoms with E-state index in [9.17, 15) is 14.4 Å². The summed E-state index contributed by atoms with van der Waals surface area (Å²) in [4.78, 5) is 54.0. The first-order valence-electron chi connectivity index (χ1n) is 12.2. The summed E-state index contributed by atoms with van der Waals surface area (Å²) < 4.78 is 5.09. The molecule has 0 spiro atoms. The summed E-state index contributed by atoms with van der Waals surface area (Å²) in [5, 5.41) is 3.21. The number of carbonyl (C=O) groups is 3. The number of halogens is 1. The lowest BCUT2D eigenvalue weighted by atomic mass is 9.99. The second kappa shape index (κ2) is 11.4. The van der Waals surface area contributed by atoms with Gasteiger partial charge in [-0.3, -0.25) is 24.4 Å². The monoisotopic (exact) mass is 541 g/mol. The van der Waals surface area contributed by atoms with Crippen molar-refractivity contribution in [2.75, 3.05) is 12.4 Å². The lowest BCUT2D eigenvalue weighted by Crippen LogP contribution is -2.45. The normalized spacial score (nSPS) is 14.9. The van der Waals surface area contributed by atoms with Crippen LogP contribution in [0.4, 0.5) is 5.82 Å². The van der Waals surface area contributed by atoms with Crippen LogP contribution in [0, 0.1) is 0 Å². The molecule has 1 unspecified atom stereocenters. The SMILES string of the molecule is COc1ccc(NC(=O)c2ccc(CN3C(=O)c4ccc(Cl)cc4CC(=O)C3Cc3cnccn3)cc2)nc1. The Morgan fingerprint density at radius 2 is 1.87 bits per heavy atom. The van der Waals surface area contributed by atoms with Crippen LogP contribution in [0.5, 0.6) is 5.75 Å². The van der Waals surface area contributed by atoms with Gasteiger partial charge in [-0.1, -0.05) is 23.7 Å². The molecule has 3 heterocycles. The van der Waals surface area contributed by atoms with Gasteiger partial charge >= 0.3 is 0 Å². The van der Waals surface area contributed by atoms with Gasteiger partial charge in [0.25, 0.3) is 11.8 Å². The zero-order chi connectivity index (χ0) is 27.4. The molecule has 2 aromatic heterocycles. The molecule has 1 N–H and O–H groups in total. The number of fused-ring (bicyclic) bond motifs is 1. The second-order valence-electron chi connectivity index (χ2n) is 9.03. The summed E-state index contributed by atoms with van der Waals surface area (Å²) in [6, 6.07) is 14.4. The quantitative estimate of drug-likeness (QED) is 0.373. The smallest absolute Gasteiger partial charge is 0.256 e. The molecule has 0 saturated heterocycles. The van der Waals surface area contributed by atoms with Gasteiger partial charge < -0.3 is 15.0 Å². The number of pyridine rings is 1. The van der Waals surface area contributed by atoms with Crippen LogP contribution in [0.1, 0.15) is 37.5 Å². The first-order chi connectivity index (χ1) is 18.9. The molecule has 1 aliphatic heterocycles. The topological polar surface area (TPSA) is 114 Å².